The van der Waals surface area contributed by atoms with Crippen molar-refractivity contribution in [3.63, 3.8) is 0 Å². The quantitative estimate of drug-likeness (QED) is 0.404. The molecule has 9 nitrogen and oxygen atoms in total. The molecule has 1 aliphatic rings. The lowest BCUT2D eigenvalue weighted by atomic mass is 9.72. The highest BCUT2D eigenvalue weighted by Crippen LogP contribution is 2.22. The van der Waals surface area contributed by atoms with E-state index in [4.69, 9.17) is 37.2 Å². The van der Waals surface area contributed by atoms with Gasteiger partial charge in [0, 0.05) is 5.02 Å². The van der Waals surface area contributed by atoms with E-state index < -0.39 is 48.5 Å². The van der Waals surface area contributed by atoms with Crippen LogP contribution in [-0.2, 0) is 28.4 Å². The van der Waals surface area contributed by atoms with Crippen LogP contribution in [0, 0.1) is 5.92 Å². The van der Waals surface area contributed by atoms with Gasteiger partial charge in [0.05, 0.1) is 29.5 Å². The predicted molar refractivity (Wildman–Crippen MR) is 127 cm³/mol. The van der Waals surface area contributed by atoms with Crippen LogP contribution in [0.2, 0.25) is 10.0 Å². The van der Waals surface area contributed by atoms with Gasteiger partial charge in [-0.1, -0.05) is 37.0 Å². The Balaban J connectivity index is 2.04. The first-order valence-electron chi connectivity index (χ1n) is 10.9. The monoisotopic (exact) mass is 514 g/mol. The van der Waals surface area contributed by atoms with E-state index in [-0.39, 0.29) is 29.5 Å². The summed E-state index contributed by atoms with van der Waals surface area (Å²) in [5.41, 5.74) is -0.627. The van der Waals surface area contributed by atoms with Crippen molar-refractivity contribution < 1.29 is 33.2 Å². The van der Waals surface area contributed by atoms with Gasteiger partial charge in [-0.2, -0.15) is 0 Å². The minimum Gasteiger partial charge on any atom is -0.508 e. The Morgan fingerprint density at radius 3 is 2.53 bits per heavy atom. The van der Waals surface area contributed by atoms with Crippen LogP contribution in [-0.4, -0.2) is 55.1 Å². The molecule has 0 spiro atoms. The van der Waals surface area contributed by atoms with E-state index in [1.165, 1.54) is 12.1 Å². The van der Waals surface area contributed by atoms with Crippen LogP contribution < -0.4 is 10.6 Å². The number of halogens is 2. The number of nitrogens with one attached hydrogen (secondary N) is 2. The average molecular weight is 515 g/mol. The number of ether oxygens (including phenoxy) is 1. The summed E-state index contributed by atoms with van der Waals surface area (Å²) in [6, 6.07) is 4.41. The van der Waals surface area contributed by atoms with Gasteiger partial charge in [0.2, 0.25) is 5.91 Å². The summed E-state index contributed by atoms with van der Waals surface area (Å²) in [6.45, 7) is 8.57. The maximum atomic E-state index is 12.6. The van der Waals surface area contributed by atoms with Crippen molar-refractivity contribution in [1.82, 2.24) is 10.6 Å². The summed E-state index contributed by atoms with van der Waals surface area (Å²) in [4.78, 5) is 49.5. The number of benzene rings is 1. The standard InChI is InChI=1S/C22H29BCl2N2O7/c1-12(2)8-17(23-33-16(10-19(29)34-23)21(31)32-22(3,4)5)27-18(28)11-26-20(30)14-9-13(24)6-7-15(14)25/h6-7,9,12,16-17H,8,10-11H2,1-5H3,(H,26,30)(H,27,28)/t16-,17-/m0/s1. The molecule has 1 heterocycles. The first-order valence-corrected chi connectivity index (χ1v) is 11.6. The lowest BCUT2D eigenvalue weighted by molar-refractivity contribution is -0.171. The normalized spacial score (nSPS) is 17.1. The molecule has 1 aromatic carbocycles. The summed E-state index contributed by atoms with van der Waals surface area (Å²) < 4.78 is 16.3. The fourth-order valence-electron chi connectivity index (χ4n) is 3.18. The van der Waals surface area contributed by atoms with Gasteiger partial charge in [-0.15, -0.1) is 0 Å². The molecule has 2 amide bonds. The molecule has 0 aromatic heterocycles. The third-order valence-electron chi connectivity index (χ3n) is 4.55. The number of amides is 2. The van der Waals surface area contributed by atoms with Crippen LogP contribution in [0.3, 0.4) is 0 Å². The van der Waals surface area contributed by atoms with Crippen LogP contribution in [0.4, 0.5) is 0 Å². The highest BCUT2D eigenvalue weighted by atomic mass is 35.5. The highest BCUT2D eigenvalue weighted by Gasteiger charge is 2.45. The molecule has 1 fully saturated rings. The summed E-state index contributed by atoms with van der Waals surface area (Å²) in [6.07, 6.45) is -1.05. The summed E-state index contributed by atoms with van der Waals surface area (Å²) in [5.74, 6) is -3.11. The number of hydrogen-bond acceptors (Lipinski definition) is 7. The van der Waals surface area contributed by atoms with E-state index in [2.05, 4.69) is 10.6 Å². The van der Waals surface area contributed by atoms with Crippen molar-refractivity contribution in [2.75, 3.05) is 6.54 Å². The molecule has 2 rings (SSSR count). The Morgan fingerprint density at radius 1 is 1.24 bits per heavy atom. The maximum absolute atomic E-state index is 12.6. The zero-order valence-corrected chi connectivity index (χ0v) is 21.3. The fourth-order valence-corrected chi connectivity index (χ4v) is 3.56. The molecule has 186 valence electrons. The van der Waals surface area contributed by atoms with Crippen LogP contribution >= 0.6 is 23.2 Å². The smallest absolute Gasteiger partial charge is 0.508 e. The molecule has 34 heavy (non-hydrogen) atoms. The Hall–Kier alpha value is -2.30. The molecule has 2 atom stereocenters. The second-order valence-electron chi connectivity index (χ2n) is 9.33. The van der Waals surface area contributed by atoms with E-state index in [1.807, 2.05) is 13.8 Å². The molecule has 0 bridgehead atoms. The van der Waals surface area contributed by atoms with Crippen molar-refractivity contribution in [3.05, 3.63) is 33.8 Å². The predicted octanol–water partition coefficient (Wildman–Crippen LogP) is 2.96. The Kier molecular flexibility index (Phi) is 9.79. The number of esters is 1. The van der Waals surface area contributed by atoms with Gasteiger partial charge in [-0.25, -0.2) is 4.79 Å². The Labute approximate surface area is 209 Å². The zero-order valence-electron chi connectivity index (χ0n) is 19.8. The summed E-state index contributed by atoms with van der Waals surface area (Å²) in [7, 11) is -1.19. The molecule has 0 radical (unpaired) electrons. The Morgan fingerprint density at radius 2 is 1.91 bits per heavy atom. The van der Waals surface area contributed by atoms with E-state index in [1.54, 1.807) is 26.8 Å². The number of carbonyl (C=O) groups is 4. The van der Waals surface area contributed by atoms with Crippen molar-refractivity contribution in [2.24, 2.45) is 5.92 Å². The van der Waals surface area contributed by atoms with E-state index >= 15 is 0 Å². The third kappa shape index (κ3) is 8.81. The molecular weight excluding hydrogens is 486 g/mol. The topological polar surface area (TPSA) is 120 Å². The van der Waals surface area contributed by atoms with Crippen molar-refractivity contribution in [2.45, 2.75) is 65.1 Å². The van der Waals surface area contributed by atoms with Crippen LogP contribution in [0.1, 0.15) is 57.8 Å². The van der Waals surface area contributed by atoms with Gasteiger partial charge < -0.3 is 24.7 Å². The molecule has 2 N–H and O–H groups in total. The molecule has 12 heteroatoms. The largest absolute Gasteiger partial charge is 0.551 e. The van der Waals surface area contributed by atoms with E-state index in [0.717, 1.165) is 0 Å². The third-order valence-corrected chi connectivity index (χ3v) is 5.12. The fraction of sp³-hybridized carbons (Fsp3) is 0.545. The van der Waals surface area contributed by atoms with Gasteiger partial charge >= 0.3 is 13.1 Å². The maximum Gasteiger partial charge on any atom is 0.551 e. The van der Waals surface area contributed by atoms with Crippen LogP contribution in [0.15, 0.2) is 18.2 Å². The lowest BCUT2D eigenvalue weighted by Crippen LogP contribution is -2.57. The van der Waals surface area contributed by atoms with Gasteiger partial charge in [0.1, 0.15) is 5.60 Å². The van der Waals surface area contributed by atoms with Crippen molar-refractivity contribution in [1.29, 1.82) is 0 Å². The van der Waals surface area contributed by atoms with Gasteiger partial charge in [-0.3, -0.25) is 14.4 Å². The highest BCUT2D eigenvalue weighted by molar-refractivity contribution is 6.50. The van der Waals surface area contributed by atoms with Crippen molar-refractivity contribution in [3.8, 4) is 0 Å². The minimum absolute atomic E-state index is 0.0920. The summed E-state index contributed by atoms with van der Waals surface area (Å²) >= 11 is 11.9. The summed E-state index contributed by atoms with van der Waals surface area (Å²) in [5, 5.41) is 5.70. The SMILES string of the molecule is CC(C)C[C@H](NC(=O)CNC(=O)c1cc(Cl)ccc1Cl)B1OC(=O)C[C@@H](C(=O)OC(C)(C)C)O1. The van der Waals surface area contributed by atoms with Crippen LogP contribution in [0.5, 0.6) is 0 Å². The molecular formula is C22H29BCl2N2O7. The molecule has 1 aliphatic heterocycles. The van der Waals surface area contributed by atoms with Gasteiger partial charge in [-0.05, 0) is 51.3 Å². The molecule has 1 saturated heterocycles. The second-order valence-corrected chi connectivity index (χ2v) is 10.2. The lowest BCUT2D eigenvalue weighted by Gasteiger charge is -2.32. The number of rotatable bonds is 8. The first kappa shape index (κ1) is 27.9. The van der Waals surface area contributed by atoms with Gasteiger partial charge in [0.15, 0.2) is 6.10 Å². The second kappa shape index (κ2) is 11.9. The van der Waals surface area contributed by atoms with E-state index in [9.17, 15) is 19.2 Å². The number of carbonyl (C=O) groups excluding carboxylic acids is 4. The minimum atomic E-state index is -1.19. The first-order chi connectivity index (χ1) is 15.7. The molecule has 0 aliphatic carbocycles. The average Bonchev–Trinajstić information content (AvgIpc) is 2.71. The molecule has 1 aromatic rings. The van der Waals surface area contributed by atoms with E-state index in [0.29, 0.717) is 11.4 Å². The zero-order chi connectivity index (χ0) is 25.6. The molecule has 0 saturated carbocycles. The number of hydrogen-bond donors (Lipinski definition) is 2. The van der Waals surface area contributed by atoms with Crippen LogP contribution in [0.25, 0.3) is 0 Å². The van der Waals surface area contributed by atoms with Crippen molar-refractivity contribution >= 4 is 54.1 Å². The Bertz CT molecular complexity index is 936. The van der Waals surface area contributed by atoms with Gasteiger partial charge in [0.25, 0.3) is 11.9 Å². The molecule has 0 unspecified atom stereocenters.